The van der Waals surface area contributed by atoms with Crippen LogP contribution in [0, 0.1) is 17.8 Å². The van der Waals surface area contributed by atoms with Crippen molar-refractivity contribution in [2.45, 2.75) is 19.8 Å². The zero-order valence-corrected chi connectivity index (χ0v) is 9.64. The van der Waals surface area contributed by atoms with Crippen molar-refractivity contribution in [2.24, 2.45) is 5.41 Å². The topological polar surface area (TPSA) is 33.3 Å². The lowest BCUT2D eigenvalue weighted by Gasteiger charge is -2.33. The molecule has 1 aliphatic heterocycles. The summed E-state index contributed by atoms with van der Waals surface area (Å²) >= 11 is 0. The maximum atomic E-state index is 5.36. The minimum absolute atomic E-state index is 0.421. The molecule has 86 valence electrons. The zero-order chi connectivity index (χ0) is 11.0. The monoisotopic (exact) mass is 210 g/mol. The molecule has 15 heavy (non-hydrogen) atoms. The minimum Gasteiger partial charge on any atom is -0.381 e. The summed E-state index contributed by atoms with van der Waals surface area (Å²) in [5.74, 6) is 2.56. The van der Waals surface area contributed by atoms with Gasteiger partial charge in [0.25, 0.3) is 0 Å². The van der Waals surface area contributed by atoms with Gasteiger partial charge in [0.05, 0.1) is 6.54 Å². The predicted molar refractivity (Wildman–Crippen MR) is 62.7 cm³/mol. The van der Waals surface area contributed by atoms with E-state index in [-0.39, 0.29) is 0 Å². The Bertz CT molecular complexity index is 204. The largest absolute Gasteiger partial charge is 0.381 e. The summed E-state index contributed by atoms with van der Waals surface area (Å²) in [6.45, 7) is 7.81. The Morgan fingerprint density at radius 3 is 2.60 bits per heavy atom. The van der Waals surface area contributed by atoms with Crippen LogP contribution in [-0.4, -0.2) is 39.4 Å². The molecule has 0 bridgehead atoms. The first-order valence-corrected chi connectivity index (χ1v) is 5.69. The van der Waals surface area contributed by atoms with Crippen LogP contribution in [-0.2, 0) is 4.74 Å². The van der Waals surface area contributed by atoms with Gasteiger partial charge in [-0.05, 0) is 18.3 Å². The van der Waals surface area contributed by atoms with Crippen molar-refractivity contribution >= 4 is 0 Å². The van der Waals surface area contributed by atoms with Crippen LogP contribution in [0.3, 0.4) is 0 Å². The summed E-state index contributed by atoms with van der Waals surface area (Å²) in [5, 5.41) is 6.63. The molecule has 0 unspecified atom stereocenters. The second-order valence-corrected chi connectivity index (χ2v) is 4.48. The van der Waals surface area contributed by atoms with Crippen LogP contribution in [0.5, 0.6) is 0 Å². The van der Waals surface area contributed by atoms with Crippen molar-refractivity contribution in [3.63, 3.8) is 0 Å². The molecule has 0 aromatic heterocycles. The molecule has 1 fully saturated rings. The highest BCUT2D eigenvalue weighted by atomic mass is 16.5. The van der Waals surface area contributed by atoms with Gasteiger partial charge in [-0.1, -0.05) is 12.8 Å². The van der Waals surface area contributed by atoms with E-state index in [1.165, 1.54) is 0 Å². The maximum Gasteiger partial charge on any atom is 0.0574 e. The summed E-state index contributed by atoms with van der Waals surface area (Å²) in [6.07, 6.45) is 7.46. The number of hydrogen-bond donors (Lipinski definition) is 2. The molecule has 0 aromatic rings. The maximum absolute atomic E-state index is 5.36. The Labute approximate surface area is 93.0 Å². The highest BCUT2D eigenvalue weighted by Gasteiger charge is 2.26. The van der Waals surface area contributed by atoms with Gasteiger partial charge in [-0.3, -0.25) is 0 Å². The fourth-order valence-electron chi connectivity index (χ4n) is 1.77. The zero-order valence-electron chi connectivity index (χ0n) is 9.64. The van der Waals surface area contributed by atoms with Gasteiger partial charge in [0.1, 0.15) is 0 Å². The summed E-state index contributed by atoms with van der Waals surface area (Å²) in [6, 6.07) is 0. The van der Waals surface area contributed by atoms with Gasteiger partial charge in [0.2, 0.25) is 0 Å². The van der Waals surface area contributed by atoms with E-state index < -0.39 is 0 Å². The molecule has 0 amide bonds. The van der Waals surface area contributed by atoms with E-state index in [1.807, 2.05) is 0 Å². The first-order valence-electron chi connectivity index (χ1n) is 5.69. The first kappa shape index (κ1) is 12.5. The van der Waals surface area contributed by atoms with E-state index in [9.17, 15) is 0 Å². The SMILES string of the molecule is C#CCNCCNCC1(C)CCOCC1. The molecule has 2 N–H and O–H groups in total. The Morgan fingerprint density at radius 2 is 1.93 bits per heavy atom. The highest BCUT2D eigenvalue weighted by Crippen LogP contribution is 2.28. The van der Waals surface area contributed by atoms with Crippen LogP contribution in [0.4, 0.5) is 0 Å². The van der Waals surface area contributed by atoms with Gasteiger partial charge in [-0.2, -0.15) is 0 Å². The van der Waals surface area contributed by atoms with E-state index in [2.05, 4.69) is 23.5 Å². The average Bonchev–Trinajstić information content (AvgIpc) is 2.24. The van der Waals surface area contributed by atoms with E-state index in [1.54, 1.807) is 0 Å². The predicted octanol–water partition coefficient (Wildman–Crippen LogP) is 0.615. The van der Waals surface area contributed by atoms with Crippen molar-refractivity contribution in [3.8, 4) is 12.3 Å². The normalized spacial score (nSPS) is 19.7. The molecule has 3 heteroatoms. The lowest BCUT2D eigenvalue weighted by Crippen LogP contribution is -2.39. The van der Waals surface area contributed by atoms with Crippen molar-refractivity contribution < 1.29 is 4.74 Å². The molecule has 1 aliphatic rings. The molecule has 0 radical (unpaired) electrons. The Hall–Kier alpha value is -0.560. The third-order valence-electron chi connectivity index (χ3n) is 2.96. The van der Waals surface area contributed by atoms with Crippen LogP contribution in [0.15, 0.2) is 0 Å². The molecule has 0 aliphatic carbocycles. The first-order chi connectivity index (χ1) is 7.27. The molecule has 0 spiro atoms. The standard InChI is InChI=1S/C12H22N2O/c1-3-6-13-7-8-14-11-12(2)4-9-15-10-5-12/h1,13-14H,4-11H2,2H3. The number of ether oxygens (including phenoxy) is 1. The van der Waals surface area contributed by atoms with Gasteiger partial charge in [-0.15, -0.1) is 6.42 Å². The molecular weight excluding hydrogens is 188 g/mol. The second-order valence-electron chi connectivity index (χ2n) is 4.48. The third-order valence-corrected chi connectivity index (χ3v) is 2.96. The molecule has 0 aromatic carbocycles. The quantitative estimate of drug-likeness (QED) is 0.498. The highest BCUT2D eigenvalue weighted by molar-refractivity contribution is 4.86. The summed E-state index contributed by atoms with van der Waals surface area (Å²) in [4.78, 5) is 0. The molecular formula is C12H22N2O. The van der Waals surface area contributed by atoms with Crippen molar-refractivity contribution in [3.05, 3.63) is 0 Å². The average molecular weight is 210 g/mol. The van der Waals surface area contributed by atoms with Crippen LogP contribution in [0.25, 0.3) is 0 Å². The number of rotatable bonds is 6. The van der Waals surface area contributed by atoms with Crippen LogP contribution in [0.1, 0.15) is 19.8 Å². The van der Waals surface area contributed by atoms with Gasteiger partial charge in [0, 0.05) is 32.8 Å². The van der Waals surface area contributed by atoms with E-state index >= 15 is 0 Å². The lowest BCUT2D eigenvalue weighted by molar-refractivity contribution is 0.0243. The Morgan fingerprint density at radius 1 is 1.27 bits per heavy atom. The molecule has 1 saturated heterocycles. The smallest absolute Gasteiger partial charge is 0.0574 e. The molecule has 0 atom stereocenters. The number of nitrogens with one attached hydrogen (secondary N) is 2. The van der Waals surface area contributed by atoms with Gasteiger partial charge in [-0.25, -0.2) is 0 Å². The molecule has 1 rings (SSSR count). The fraction of sp³-hybridized carbons (Fsp3) is 0.833. The van der Waals surface area contributed by atoms with Crippen molar-refractivity contribution in [2.75, 3.05) is 39.4 Å². The lowest BCUT2D eigenvalue weighted by atomic mass is 9.82. The van der Waals surface area contributed by atoms with Gasteiger partial charge < -0.3 is 15.4 Å². The minimum atomic E-state index is 0.421. The second kappa shape index (κ2) is 6.84. The van der Waals surface area contributed by atoms with Gasteiger partial charge in [0.15, 0.2) is 0 Å². The molecule has 3 nitrogen and oxygen atoms in total. The molecule has 1 heterocycles. The molecule has 0 saturated carbocycles. The van der Waals surface area contributed by atoms with Crippen LogP contribution >= 0.6 is 0 Å². The summed E-state index contributed by atoms with van der Waals surface area (Å²) in [7, 11) is 0. The van der Waals surface area contributed by atoms with Crippen LogP contribution < -0.4 is 10.6 Å². The summed E-state index contributed by atoms with van der Waals surface area (Å²) < 4.78 is 5.36. The summed E-state index contributed by atoms with van der Waals surface area (Å²) in [5.41, 5.74) is 0.421. The van der Waals surface area contributed by atoms with Crippen LogP contribution in [0.2, 0.25) is 0 Å². The van der Waals surface area contributed by atoms with Crippen molar-refractivity contribution in [1.29, 1.82) is 0 Å². The van der Waals surface area contributed by atoms with Crippen molar-refractivity contribution in [1.82, 2.24) is 10.6 Å². The fourth-order valence-corrected chi connectivity index (χ4v) is 1.77. The third kappa shape index (κ3) is 5.17. The number of hydrogen-bond acceptors (Lipinski definition) is 3. The van der Waals surface area contributed by atoms with E-state index in [4.69, 9.17) is 11.2 Å². The Balaban J connectivity index is 2.01. The van der Waals surface area contributed by atoms with E-state index in [0.717, 1.165) is 45.7 Å². The number of terminal acetylenes is 1. The van der Waals surface area contributed by atoms with Gasteiger partial charge >= 0.3 is 0 Å². The van der Waals surface area contributed by atoms with E-state index in [0.29, 0.717) is 12.0 Å². The Kier molecular flexibility index (Phi) is 5.70.